The smallest absolute Gasteiger partial charge is 0.106 e. The molecule has 16 heavy (non-hydrogen) atoms. The molecule has 0 aliphatic heterocycles. The molecule has 1 nitrogen and oxygen atoms in total. The van der Waals surface area contributed by atoms with Crippen LogP contribution in [0.2, 0.25) is 4.34 Å². The van der Waals surface area contributed by atoms with Crippen LogP contribution in [0.25, 0.3) is 0 Å². The highest BCUT2D eigenvalue weighted by Gasteiger charge is 2.21. The Hall–Kier alpha value is -0.440. The molecule has 2 rings (SSSR count). The highest BCUT2D eigenvalue weighted by Crippen LogP contribution is 2.39. The Balaban J connectivity index is 2.44. The molecule has 0 aliphatic rings. The summed E-state index contributed by atoms with van der Waals surface area (Å²) in [5, 5.41) is -0.171. The Labute approximate surface area is 109 Å². The molecule has 1 atom stereocenters. The van der Waals surface area contributed by atoms with E-state index >= 15 is 0 Å². The molecule has 0 bridgehead atoms. The monoisotopic (exact) mass is 274 g/mol. The quantitative estimate of drug-likeness (QED) is 0.682. The van der Waals surface area contributed by atoms with E-state index < -0.39 is 0 Å². The van der Waals surface area contributed by atoms with E-state index in [1.807, 2.05) is 32.9 Å². The summed E-state index contributed by atoms with van der Waals surface area (Å²) in [6.45, 7) is 5.93. The average Bonchev–Trinajstić information content (AvgIpc) is 2.73. The Morgan fingerprint density at radius 3 is 2.31 bits per heavy atom. The zero-order valence-electron chi connectivity index (χ0n) is 9.30. The first-order valence-corrected chi connectivity index (χ1v) is 6.59. The van der Waals surface area contributed by atoms with E-state index in [4.69, 9.17) is 27.6 Å². The molecule has 1 unspecified atom stereocenters. The number of hydrogen-bond acceptors (Lipinski definition) is 2. The highest BCUT2D eigenvalue weighted by molar-refractivity contribution is 7.16. The maximum atomic E-state index is 6.46. The van der Waals surface area contributed by atoms with Gasteiger partial charge < -0.3 is 4.42 Å². The molecule has 4 heteroatoms. The summed E-state index contributed by atoms with van der Waals surface area (Å²) >= 11 is 13.9. The van der Waals surface area contributed by atoms with Crippen molar-refractivity contribution in [1.82, 2.24) is 0 Å². The highest BCUT2D eigenvalue weighted by atomic mass is 35.5. The van der Waals surface area contributed by atoms with Crippen LogP contribution in [0.1, 0.15) is 32.9 Å². The molecular weight excluding hydrogens is 263 g/mol. The Morgan fingerprint density at radius 1 is 1.19 bits per heavy atom. The predicted octanol–water partition coefficient (Wildman–Crippen LogP) is 5.25. The van der Waals surface area contributed by atoms with Crippen molar-refractivity contribution in [2.24, 2.45) is 0 Å². The molecule has 0 fully saturated rings. The molecule has 0 aliphatic carbocycles. The van der Waals surface area contributed by atoms with Crippen molar-refractivity contribution in [1.29, 1.82) is 0 Å². The lowest BCUT2D eigenvalue weighted by Gasteiger charge is -2.07. The van der Waals surface area contributed by atoms with Gasteiger partial charge in [0.15, 0.2) is 0 Å². The van der Waals surface area contributed by atoms with Gasteiger partial charge in [-0.2, -0.15) is 0 Å². The summed E-state index contributed by atoms with van der Waals surface area (Å²) in [7, 11) is 0. The Kier molecular flexibility index (Phi) is 3.34. The van der Waals surface area contributed by atoms with Crippen LogP contribution >= 0.6 is 34.5 Å². The molecule has 2 aromatic rings. The number of halogens is 2. The van der Waals surface area contributed by atoms with Gasteiger partial charge in [-0.05, 0) is 38.5 Å². The lowest BCUT2D eigenvalue weighted by Crippen LogP contribution is -1.93. The fourth-order valence-electron chi connectivity index (χ4n) is 1.79. The zero-order chi connectivity index (χ0) is 11.9. The molecule has 0 saturated carbocycles. The van der Waals surface area contributed by atoms with E-state index in [-0.39, 0.29) is 5.38 Å². The van der Waals surface area contributed by atoms with E-state index in [0.717, 1.165) is 31.9 Å². The number of alkyl halides is 1. The second-order valence-electron chi connectivity index (χ2n) is 3.76. The van der Waals surface area contributed by atoms with Crippen LogP contribution in [0.5, 0.6) is 0 Å². The van der Waals surface area contributed by atoms with Crippen LogP contribution < -0.4 is 0 Å². The maximum Gasteiger partial charge on any atom is 0.106 e. The van der Waals surface area contributed by atoms with Crippen LogP contribution in [0, 0.1) is 20.8 Å². The van der Waals surface area contributed by atoms with Crippen molar-refractivity contribution < 1.29 is 4.42 Å². The number of furan rings is 1. The lowest BCUT2D eigenvalue weighted by atomic mass is 10.1. The van der Waals surface area contributed by atoms with Crippen LogP contribution in [-0.4, -0.2) is 0 Å². The van der Waals surface area contributed by atoms with E-state index in [1.165, 1.54) is 11.3 Å². The number of thiophene rings is 1. The molecule has 0 N–H and O–H groups in total. The minimum atomic E-state index is -0.171. The van der Waals surface area contributed by atoms with E-state index in [9.17, 15) is 0 Å². The molecule has 86 valence electrons. The molecular formula is C12H12Cl2OS. The number of aryl methyl sites for hydroxylation is 2. The molecule has 0 radical (unpaired) electrons. The molecule has 0 saturated heterocycles. The average molecular weight is 275 g/mol. The Bertz CT molecular complexity index is 513. The normalized spacial score (nSPS) is 13.1. The van der Waals surface area contributed by atoms with Crippen LogP contribution in [0.4, 0.5) is 0 Å². The van der Waals surface area contributed by atoms with Gasteiger partial charge in [0, 0.05) is 10.4 Å². The number of rotatable bonds is 2. The minimum Gasteiger partial charge on any atom is -0.466 e. The summed E-state index contributed by atoms with van der Waals surface area (Å²) in [5.74, 6) is 1.82. The molecule has 2 heterocycles. The van der Waals surface area contributed by atoms with Gasteiger partial charge in [-0.3, -0.25) is 0 Å². The van der Waals surface area contributed by atoms with Crippen molar-refractivity contribution in [3.8, 4) is 0 Å². The van der Waals surface area contributed by atoms with E-state index in [1.54, 1.807) is 0 Å². The second-order valence-corrected chi connectivity index (χ2v) is 5.94. The van der Waals surface area contributed by atoms with Crippen molar-refractivity contribution in [2.75, 3.05) is 0 Å². The summed E-state index contributed by atoms with van der Waals surface area (Å²) in [4.78, 5) is 1.05. The fraction of sp³-hybridized carbons (Fsp3) is 0.333. The first kappa shape index (κ1) is 12.0. The van der Waals surface area contributed by atoms with Gasteiger partial charge in [-0.1, -0.05) is 11.6 Å². The van der Waals surface area contributed by atoms with Gasteiger partial charge in [0.25, 0.3) is 0 Å². The lowest BCUT2D eigenvalue weighted by molar-refractivity contribution is 0.500. The first-order valence-electron chi connectivity index (χ1n) is 4.96. The fourth-order valence-corrected chi connectivity index (χ4v) is 3.36. The van der Waals surface area contributed by atoms with Crippen LogP contribution in [0.3, 0.4) is 0 Å². The topological polar surface area (TPSA) is 13.1 Å². The maximum absolute atomic E-state index is 6.46. The van der Waals surface area contributed by atoms with Gasteiger partial charge in [-0.25, -0.2) is 0 Å². The standard InChI is InChI=1S/C12H12Cl2OS/c1-6-7(2)15-8(3)11(6)12(14)9-4-5-10(13)16-9/h4-5,12H,1-3H3. The van der Waals surface area contributed by atoms with Gasteiger partial charge in [0.2, 0.25) is 0 Å². The molecule has 0 aromatic carbocycles. The molecule has 2 aromatic heterocycles. The number of hydrogen-bond donors (Lipinski definition) is 0. The summed E-state index contributed by atoms with van der Waals surface area (Å²) in [6.07, 6.45) is 0. The third kappa shape index (κ3) is 2.02. The van der Waals surface area contributed by atoms with Crippen molar-refractivity contribution in [3.05, 3.63) is 44.0 Å². The molecule has 0 amide bonds. The molecule has 0 spiro atoms. The van der Waals surface area contributed by atoms with Crippen molar-refractivity contribution >= 4 is 34.5 Å². The van der Waals surface area contributed by atoms with Gasteiger partial charge in [0.1, 0.15) is 11.5 Å². The van der Waals surface area contributed by atoms with Gasteiger partial charge in [0.05, 0.1) is 9.71 Å². The van der Waals surface area contributed by atoms with Gasteiger partial charge in [-0.15, -0.1) is 22.9 Å². The van der Waals surface area contributed by atoms with Crippen molar-refractivity contribution in [3.63, 3.8) is 0 Å². The first-order chi connectivity index (χ1) is 7.50. The largest absolute Gasteiger partial charge is 0.466 e. The van der Waals surface area contributed by atoms with Crippen molar-refractivity contribution in [2.45, 2.75) is 26.1 Å². The van der Waals surface area contributed by atoms with Gasteiger partial charge >= 0.3 is 0 Å². The summed E-state index contributed by atoms with van der Waals surface area (Å²) in [5.41, 5.74) is 2.19. The third-order valence-electron chi connectivity index (χ3n) is 2.71. The third-order valence-corrected chi connectivity index (χ3v) is 4.59. The van der Waals surface area contributed by atoms with Crippen LogP contribution in [0.15, 0.2) is 16.5 Å². The second kappa shape index (κ2) is 4.44. The summed E-state index contributed by atoms with van der Waals surface area (Å²) < 4.78 is 6.34. The predicted molar refractivity (Wildman–Crippen MR) is 69.9 cm³/mol. The van der Waals surface area contributed by atoms with E-state index in [0.29, 0.717) is 0 Å². The zero-order valence-corrected chi connectivity index (χ0v) is 11.6. The SMILES string of the molecule is Cc1oc(C)c(C(Cl)c2ccc(Cl)s2)c1C. The van der Waals surface area contributed by atoms with Crippen LogP contribution in [-0.2, 0) is 0 Å². The summed E-state index contributed by atoms with van der Waals surface area (Å²) in [6, 6.07) is 3.83. The van der Waals surface area contributed by atoms with E-state index in [2.05, 4.69) is 0 Å². The Morgan fingerprint density at radius 2 is 1.88 bits per heavy atom. The minimum absolute atomic E-state index is 0.171.